The quantitative estimate of drug-likeness (QED) is 0.167. The van der Waals surface area contributed by atoms with Gasteiger partial charge in [0.2, 0.25) is 0 Å². The molecule has 23 aromatic rings. The molecule has 0 fully saturated rings. The number of rotatable bonds is 6. The van der Waals surface area contributed by atoms with Gasteiger partial charge in [-0.25, -0.2) is 4.98 Å². The third-order valence-electron chi connectivity index (χ3n) is 29.2. The van der Waals surface area contributed by atoms with Crippen LogP contribution < -0.4 is 0 Å². The zero-order valence-corrected chi connectivity index (χ0v) is 66.9. The Bertz CT molecular complexity index is 8740. The molecule has 0 amide bonds. The second-order valence-electron chi connectivity index (χ2n) is 34.6. The van der Waals surface area contributed by atoms with Crippen LogP contribution in [0.2, 0.25) is 0 Å². The highest BCUT2D eigenvalue weighted by Crippen LogP contribution is 2.66. The molecule has 29 rings (SSSR count). The van der Waals surface area contributed by atoms with Crippen molar-refractivity contribution >= 4 is 76.3 Å². The van der Waals surface area contributed by atoms with Gasteiger partial charge in [-0.1, -0.05) is 297 Å². The van der Waals surface area contributed by atoms with Crippen molar-refractivity contribution in [2.45, 2.75) is 16.2 Å². The minimum Gasteiger partial charge on any atom is -0.309 e. The summed E-state index contributed by atoms with van der Waals surface area (Å²) in [5.74, 6) is 0. The highest BCUT2D eigenvalue weighted by atomic mass is 15.0. The summed E-state index contributed by atoms with van der Waals surface area (Å²) in [6.07, 6.45) is 5.83. The summed E-state index contributed by atoms with van der Waals surface area (Å²) >= 11 is 0. The molecule has 17 aromatic carbocycles. The van der Waals surface area contributed by atoms with Crippen molar-refractivity contribution in [3.8, 4) is 117 Å². The fourth-order valence-electron chi connectivity index (χ4n) is 24.4. The van der Waals surface area contributed by atoms with Crippen molar-refractivity contribution in [3.05, 3.63) is 480 Å². The first-order valence-corrected chi connectivity index (χ1v) is 43.1. The molecular weight excluding hydrogens is 1500 g/mol. The summed E-state index contributed by atoms with van der Waals surface area (Å²) in [4.78, 5) is 15.5. The smallest absolute Gasteiger partial charge is 0.0787 e. The van der Waals surface area contributed by atoms with E-state index in [-0.39, 0.29) is 0 Å². The summed E-state index contributed by atoms with van der Waals surface area (Å²) in [7, 11) is 0. The molecule has 9 heterocycles. The van der Waals surface area contributed by atoms with Crippen molar-refractivity contribution in [2.75, 3.05) is 0 Å². The van der Waals surface area contributed by atoms with Crippen LogP contribution in [0.4, 0.5) is 0 Å². The fraction of sp³-hybridized carbons (Fsp3) is 0.0254. The SMILES string of the molecule is c1cc(-c2ccc3c(c2)C2(c4ccccc4-3)c3ccc(-c4ccnc(-c5ccc6c(c5)-n5c7ccccc7c7cc(-c8ccncc8)cc(c75)C65c6ccccc6-c6ccccc65)c4)cc3-n3c4ccccc4c4cccc2c43)cc(-c2cccc3ccc(-c4ccc5c(c4)-c4ccccc4C54c5ccccc5-n5c6ccccc6c6cccc4c65)nc23)c1. The van der Waals surface area contributed by atoms with Gasteiger partial charge in [0, 0.05) is 73.0 Å². The van der Waals surface area contributed by atoms with E-state index in [0.29, 0.717) is 0 Å². The molecule has 2 atom stereocenters. The minimum absolute atomic E-state index is 0.536. The van der Waals surface area contributed by atoms with Gasteiger partial charge in [0.1, 0.15) is 0 Å². The van der Waals surface area contributed by atoms with E-state index in [4.69, 9.17) is 9.97 Å². The second-order valence-corrected chi connectivity index (χ2v) is 34.6. The Labute approximate surface area is 713 Å². The first-order valence-electron chi connectivity index (χ1n) is 43.1. The van der Waals surface area contributed by atoms with Crippen molar-refractivity contribution in [1.29, 1.82) is 0 Å². The average Bonchev–Trinajstić information content (AvgIpc) is 1.50. The van der Waals surface area contributed by atoms with Gasteiger partial charge < -0.3 is 13.7 Å². The number of nitrogens with zero attached hydrogens (tertiary/aromatic N) is 6. The normalized spacial score (nSPS) is 15.7. The van der Waals surface area contributed by atoms with Crippen LogP contribution >= 0.6 is 0 Å². The summed E-state index contributed by atoms with van der Waals surface area (Å²) in [6.45, 7) is 0. The molecule has 0 saturated carbocycles. The highest BCUT2D eigenvalue weighted by molar-refractivity contribution is 6.17. The number of para-hydroxylation sites is 7. The zero-order chi connectivity index (χ0) is 80.6. The van der Waals surface area contributed by atoms with E-state index in [1.54, 1.807) is 0 Å². The topological polar surface area (TPSA) is 53.5 Å². The van der Waals surface area contributed by atoms with Crippen LogP contribution in [0.1, 0.15) is 66.8 Å². The van der Waals surface area contributed by atoms with E-state index in [2.05, 4.69) is 413 Å². The Balaban J connectivity index is 0.564. The van der Waals surface area contributed by atoms with E-state index in [1.165, 1.54) is 177 Å². The monoisotopic (exact) mass is 1570 g/mol. The highest BCUT2D eigenvalue weighted by Gasteiger charge is 2.55. The Morgan fingerprint density at radius 1 is 0.194 bits per heavy atom. The predicted molar refractivity (Wildman–Crippen MR) is 506 cm³/mol. The molecule has 6 aromatic heterocycles. The molecule has 2 unspecified atom stereocenters. The zero-order valence-electron chi connectivity index (χ0n) is 66.9. The van der Waals surface area contributed by atoms with Gasteiger partial charge in [0.25, 0.3) is 0 Å². The molecule has 3 spiro atoms. The molecule has 124 heavy (non-hydrogen) atoms. The minimum atomic E-state index is -0.707. The molecular formula is C118H68N6. The van der Waals surface area contributed by atoms with Crippen molar-refractivity contribution in [1.82, 2.24) is 28.7 Å². The molecule has 0 N–H and O–H groups in total. The summed E-state index contributed by atoms with van der Waals surface area (Å²) in [5.41, 5.74) is 45.9. The lowest BCUT2D eigenvalue weighted by atomic mass is 9.65. The average molecular weight is 1570 g/mol. The van der Waals surface area contributed by atoms with E-state index >= 15 is 0 Å². The van der Waals surface area contributed by atoms with Crippen LogP contribution in [-0.4, -0.2) is 28.7 Å². The first-order chi connectivity index (χ1) is 61.5. The number of pyridine rings is 3. The molecule has 0 bridgehead atoms. The maximum Gasteiger partial charge on any atom is 0.0787 e. The summed E-state index contributed by atoms with van der Waals surface area (Å²) in [5, 5.41) is 8.56. The molecule has 6 heteroatoms. The Hall–Kier alpha value is -16.2. The van der Waals surface area contributed by atoms with E-state index in [9.17, 15) is 0 Å². The van der Waals surface area contributed by atoms with E-state index in [0.717, 1.165) is 83.7 Å². The molecule has 3 aliphatic carbocycles. The molecule has 570 valence electrons. The van der Waals surface area contributed by atoms with Crippen LogP contribution in [-0.2, 0) is 16.2 Å². The predicted octanol–water partition coefficient (Wildman–Crippen LogP) is 28.3. The fourth-order valence-corrected chi connectivity index (χ4v) is 24.4. The van der Waals surface area contributed by atoms with Crippen LogP contribution in [0.3, 0.4) is 0 Å². The standard InChI is InChI=1S/C118H68N6/c1-8-34-92-80(24-1)81-25-2-9-35-93(81)117(92)98-53-48-77(68-111(98)124-108-43-15-7-30-87(108)91-63-78(65-103(117)115(91)124)69-55-58-119-59-56-69)105-66-74(57-60-120-105)73-46-52-99-110(67-73)123-107-42-14-6-29-86(107)89-33-20-40-101(114(89)123)118(99)94-36-10-3-26-82(94)84-50-45-72(64-102(84)118)71-22-17-23-75(61-71)79-31-18-21-70-49-54-104(121-112(70)79)76-47-51-96-90(62-76)83-27-4-11-37-95(83)116(96)97-38-12-16-44-109(97)122-106-41-13-5-28-85(106)88-32-19-39-100(116)113(88)122/h1-68H. The Morgan fingerprint density at radius 2 is 0.613 bits per heavy atom. The lowest BCUT2D eigenvalue weighted by Gasteiger charge is -2.40. The lowest BCUT2D eigenvalue weighted by Crippen LogP contribution is -2.33. The first kappa shape index (κ1) is 66.7. The van der Waals surface area contributed by atoms with Crippen molar-refractivity contribution in [3.63, 3.8) is 0 Å². The number of hydrogen-bond acceptors (Lipinski definition) is 3. The summed E-state index contributed by atoms with van der Waals surface area (Å²) < 4.78 is 7.66. The van der Waals surface area contributed by atoms with Gasteiger partial charge in [-0.3, -0.25) is 9.97 Å². The molecule has 0 radical (unpaired) electrons. The Morgan fingerprint density at radius 3 is 1.27 bits per heavy atom. The van der Waals surface area contributed by atoms with Gasteiger partial charge >= 0.3 is 0 Å². The molecule has 6 aliphatic rings. The maximum absolute atomic E-state index is 5.73. The van der Waals surface area contributed by atoms with E-state index < -0.39 is 16.2 Å². The van der Waals surface area contributed by atoms with Crippen LogP contribution in [0, 0.1) is 0 Å². The number of fused-ring (bicyclic) bond motifs is 37. The second kappa shape index (κ2) is 24.1. The van der Waals surface area contributed by atoms with Crippen molar-refractivity contribution < 1.29 is 0 Å². The number of aromatic nitrogens is 6. The Kier molecular flexibility index (Phi) is 13.0. The summed E-state index contributed by atoms with van der Waals surface area (Å²) in [6, 6.07) is 150. The van der Waals surface area contributed by atoms with E-state index in [1.807, 2.05) is 18.6 Å². The lowest BCUT2D eigenvalue weighted by molar-refractivity contribution is 0.748. The van der Waals surface area contributed by atoms with Crippen LogP contribution in [0.25, 0.3) is 194 Å². The third kappa shape index (κ3) is 8.28. The molecule has 0 saturated heterocycles. The molecule has 3 aliphatic heterocycles. The van der Waals surface area contributed by atoms with Crippen LogP contribution in [0.15, 0.2) is 413 Å². The largest absolute Gasteiger partial charge is 0.309 e. The molecule has 6 nitrogen and oxygen atoms in total. The van der Waals surface area contributed by atoms with Gasteiger partial charge in [0.05, 0.1) is 83.3 Å². The maximum atomic E-state index is 5.73. The van der Waals surface area contributed by atoms with Gasteiger partial charge in [-0.05, 0) is 236 Å². The third-order valence-corrected chi connectivity index (χ3v) is 29.2. The van der Waals surface area contributed by atoms with Crippen molar-refractivity contribution in [2.24, 2.45) is 0 Å². The van der Waals surface area contributed by atoms with Gasteiger partial charge in [0.15, 0.2) is 0 Å². The van der Waals surface area contributed by atoms with Gasteiger partial charge in [-0.2, -0.15) is 0 Å². The van der Waals surface area contributed by atoms with Crippen LogP contribution in [0.5, 0.6) is 0 Å². The number of hydrogen-bond donors (Lipinski definition) is 0. The number of benzene rings is 17. The van der Waals surface area contributed by atoms with Gasteiger partial charge in [-0.15, -0.1) is 0 Å².